The van der Waals surface area contributed by atoms with E-state index in [0.29, 0.717) is 10.0 Å². The molecular weight excluding hydrogens is 262 g/mol. The quantitative estimate of drug-likeness (QED) is 0.920. The van der Waals surface area contributed by atoms with Crippen molar-refractivity contribution in [1.82, 2.24) is 15.2 Å². The minimum Gasteiger partial charge on any atom is -0.478 e. The van der Waals surface area contributed by atoms with Gasteiger partial charge in [0.2, 0.25) is 0 Å². The fraction of sp³-hybridized carbons (Fsp3) is 0. The summed E-state index contributed by atoms with van der Waals surface area (Å²) in [6.07, 6.45) is 2.90. The second kappa shape index (κ2) is 5.11. The normalized spacial score (nSPS) is 10.2. The summed E-state index contributed by atoms with van der Waals surface area (Å²) in [5.74, 6) is -1.06. The Morgan fingerprint density at radius 1 is 1.29 bits per heavy atom. The lowest BCUT2D eigenvalue weighted by atomic mass is 10.3. The molecular formula is C10H6ClN3O2S. The molecule has 2 heterocycles. The zero-order valence-electron chi connectivity index (χ0n) is 8.37. The highest BCUT2D eigenvalue weighted by atomic mass is 35.5. The van der Waals surface area contributed by atoms with Gasteiger partial charge in [-0.3, -0.25) is 0 Å². The number of pyridine rings is 1. The Kier molecular flexibility index (Phi) is 3.55. The maximum Gasteiger partial charge on any atom is 0.338 e. The summed E-state index contributed by atoms with van der Waals surface area (Å²) < 4.78 is 0. The van der Waals surface area contributed by atoms with E-state index in [1.54, 1.807) is 18.3 Å². The van der Waals surface area contributed by atoms with Crippen LogP contribution in [-0.4, -0.2) is 26.3 Å². The average molecular weight is 268 g/mol. The smallest absolute Gasteiger partial charge is 0.338 e. The van der Waals surface area contributed by atoms with Gasteiger partial charge in [-0.1, -0.05) is 11.6 Å². The van der Waals surface area contributed by atoms with E-state index in [2.05, 4.69) is 15.2 Å². The summed E-state index contributed by atoms with van der Waals surface area (Å²) in [5.41, 5.74) is 0.0757. The number of carbonyl (C=O) groups is 1. The molecule has 86 valence electrons. The molecule has 0 aliphatic carbocycles. The van der Waals surface area contributed by atoms with Gasteiger partial charge in [-0.25, -0.2) is 9.78 Å². The monoisotopic (exact) mass is 267 g/mol. The van der Waals surface area contributed by atoms with Crippen LogP contribution in [0.4, 0.5) is 0 Å². The van der Waals surface area contributed by atoms with Gasteiger partial charge in [-0.2, -0.15) is 5.10 Å². The van der Waals surface area contributed by atoms with Crippen LogP contribution < -0.4 is 0 Å². The molecule has 17 heavy (non-hydrogen) atoms. The number of carboxylic acids is 1. The number of aromatic carboxylic acids is 1. The molecule has 0 amide bonds. The highest BCUT2D eigenvalue weighted by molar-refractivity contribution is 7.99. The number of hydrogen-bond acceptors (Lipinski definition) is 5. The molecule has 0 aliphatic rings. The molecule has 0 saturated heterocycles. The number of rotatable bonds is 3. The molecule has 1 N–H and O–H groups in total. The second-order valence-corrected chi connectivity index (χ2v) is 4.33. The Labute approximate surface area is 106 Å². The van der Waals surface area contributed by atoms with Crippen molar-refractivity contribution in [2.45, 2.75) is 10.1 Å². The van der Waals surface area contributed by atoms with E-state index in [1.165, 1.54) is 12.3 Å². The van der Waals surface area contributed by atoms with Crippen LogP contribution in [0.1, 0.15) is 10.4 Å². The minimum absolute atomic E-state index is 0.0757. The molecule has 5 nitrogen and oxygen atoms in total. The van der Waals surface area contributed by atoms with Gasteiger partial charge < -0.3 is 5.11 Å². The van der Waals surface area contributed by atoms with Crippen LogP contribution in [0, 0.1) is 0 Å². The van der Waals surface area contributed by atoms with Gasteiger partial charge in [0.25, 0.3) is 0 Å². The topological polar surface area (TPSA) is 76.0 Å². The third-order valence-corrected chi connectivity index (χ3v) is 3.27. The first-order valence-electron chi connectivity index (χ1n) is 4.52. The number of hydrogen-bond donors (Lipinski definition) is 1. The highest BCUT2D eigenvalue weighted by Gasteiger charge is 2.14. The van der Waals surface area contributed by atoms with Crippen LogP contribution in [0.2, 0.25) is 5.02 Å². The van der Waals surface area contributed by atoms with Crippen molar-refractivity contribution in [2.75, 3.05) is 0 Å². The Balaban J connectivity index is 2.37. The van der Waals surface area contributed by atoms with Crippen LogP contribution in [0.25, 0.3) is 0 Å². The fourth-order valence-corrected chi connectivity index (χ4v) is 2.15. The SMILES string of the molecule is O=C(O)c1ccnnc1Sc1ncccc1Cl. The van der Waals surface area contributed by atoms with E-state index in [-0.39, 0.29) is 10.6 Å². The summed E-state index contributed by atoms with van der Waals surface area (Å²) in [6, 6.07) is 4.75. The molecule has 0 atom stereocenters. The lowest BCUT2D eigenvalue weighted by Gasteiger charge is -2.03. The van der Waals surface area contributed by atoms with E-state index in [1.807, 2.05) is 0 Å². The molecule has 2 aromatic rings. The predicted octanol–water partition coefficient (Wildman–Crippen LogP) is 2.37. The van der Waals surface area contributed by atoms with Crippen molar-refractivity contribution in [3.8, 4) is 0 Å². The Morgan fingerprint density at radius 3 is 2.82 bits per heavy atom. The summed E-state index contributed by atoms with van der Waals surface area (Å²) >= 11 is 7.00. The molecule has 2 aromatic heterocycles. The lowest BCUT2D eigenvalue weighted by Crippen LogP contribution is -2.01. The van der Waals surface area contributed by atoms with E-state index in [0.717, 1.165) is 11.8 Å². The highest BCUT2D eigenvalue weighted by Crippen LogP contribution is 2.31. The summed E-state index contributed by atoms with van der Waals surface area (Å²) in [7, 11) is 0. The Morgan fingerprint density at radius 2 is 2.12 bits per heavy atom. The first-order chi connectivity index (χ1) is 8.18. The lowest BCUT2D eigenvalue weighted by molar-refractivity contribution is 0.0692. The second-order valence-electron chi connectivity index (χ2n) is 2.95. The third-order valence-electron chi connectivity index (χ3n) is 1.84. The van der Waals surface area contributed by atoms with Gasteiger partial charge in [0.1, 0.15) is 10.1 Å². The predicted molar refractivity (Wildman–Crippen MR) is 62.4 cm³/mol. The van der Waals surface area contributed by atoms with Crippen molar-refractivity contribution in [3.63, 3.8) is 0 Å². The Hall–Kier alpha value is -1.66. The van der Waals surface area contributed by atoms with E-state index in [9.17, 15) is 4.79 Å². The van der Waals surface area contributed by atoms with Crippen molar-refractivity contribution in [2.24, 2.45) is 0 Å². The maximum absolute atomic E-state index is 11.0. The molecule has 0 radical (unpaired) electrons. The van der Waals surface area contributed by atoms with Crippen LogP contribution in [-0.2, 0) is 0 Å². The van der Waals surface area contributed by atoms with Gasteiger partial charge in [0, 0.05) is 6.20 Å². The van der Waals surface area contributed by atoms with Crippen LogP contribution in [0.5, 0.6) is 0 Å². The van der Waals surface area contributed by atoms with Gasteiger partial charge in [0.15, 0.2) is 0 Å². The van der Waals surface area contributed by atoms with Gasteiger partial charge in [-0.15, -0.1) is 5.10 Å². The molecule has 0 saturated carbocycles. The Bertz CT molecular complexity index is 565. The number of carboxylic acid groups (broad SMARTS) is 1. The van der Waals surface area contributed by atoms with E-state index < -0.39 is 5.97 Å². The molecule has 0 fully saturated rings. The van der Waals surface area contributed by atoms with Crippen molar-refractivity contribution in [3.05, 3.63) is 41.2 Å². The zero-order chi connectivity index (χ0) is 12.3. The molecule has 0 spiro atoms. The molecule has 0 bridgehead atoms. The summed E-state index contributed by atoms with van der Waals surface area (Å²) in [4.78, 5) is 15.0. The largest absolute Gasteiger partial charge is 0.478 e. The fourth-order valence-electron chi connectivity index (χ4n) is 1.09. The molecule has 0 unspecified atom stereocenters. The van der Waals surface area contributed by atoms with Crippen molar-refractivity contribution >= 4 is 29.3 Å². The standard InChI is InChI=1S/C10H6ClN3O2S/c11-7-2-1-4-12-9(7)17-8-6(10(15)16)3-5-13-14-8/h1-5H,(H,15,16). The number of nitrogens with zero attached hydrogens (tertiary/aromatic N) is 3. The van der Waals surface area contributed by atoms with Gasteiger partial charge in [-0.05, 0) is 30.0 Å². The third kappa shape index (κ3) is 2.72. The van der Waals surface area contributed by atoms with Crippen LogP contribution in [0.3, 0.4) is 0 Å². The van der Waals surface area contributed by atoms with Crippen molar-refractivity contribution < 1.29 is 9.90 Å². The first-order valence-corrected chi connectivity index (χ1v) is 5.71. The van der Waals surface area contributed by atoms with Gasteiger partial charge in [0.05, 0.1) is 16.8 Å². The molecule has 0 aromatic carbocycles. The summed E-state index contributed by atoms with van der Waals surface area (Å²) in [5, 5.41) is 17.6. The molecule has 2 rings (SSSR count). The average Bonchev–Trinajstić information content (AvgIpc) is 2.32. The molecule has 7 heteroatoms. The van der Waals surface area contributed by atoms with E-state index >= 15 is 0 Å². The first kappa shape index (κ1) is 11.8. The maximum atomic E-state index is 11.0. The van der Waals surface area contributed by atoms with E-state index in [4.69, 9.17) is 16.7 Å². The van der Waals surface area contributed by atoms with Gasteiger partial charge >= 0.3 is 5.97 Å². The van der Waals surface area contributed by atoms with Crippen molar-refractivity contribution in [1.29, 1.82) is 0 Å². The summed E-state index contributed by atoms with van der Waals surface area (Å²) in [6.45, 7) is 0. The number of aromatic nitrogens is 3. The minimum atomic E-state index is -1.06. The zero-order valence-corrected chi connectivity index (χ0v) is 9.94. The van der Waals surface area contributed by atoms with Crippen LogP contribution >= 0.6 is 23.4 Å². The number of halogens is 1. The molecule has 0 aliphatic heterocycles. The van der Waals surface area contributed by atoms with Crippen LogP contribution in [0.15, 0.2) is 40.6 Å².